The fourth-order valence-electron chi connectivity index (χ4n) is 1.47. The van der Waals surface area contributed by atoms with Gasteiger partial charge in [0.1, 0.15) is 5.92 Å². The minimum Gasteiger partial charge on any atom is -0.465 e. The summed E-state index contributed by atoms with van der Waals surface area (Å²) in [5.74, 6) is -1.32. The SMILES string of the molecule is C=CCCCC(C=C)C(C#N)C(=O)OCC. The maximum Gasteiger partial charge on any atom is 0.323 e. The smallest absolute Gasteiger partial charge is 0.323 e. The van der Waals surface area contributed by atoms with Crippen LogP contribution in [0, 0.1) is 23.2 Å². The second-order valence-corrected chi connectivity index (χ2v) is 3.48. The maximum atomic E-state index is 11.5. The number of nitriles is 1. The molecule has 2 unspecified atom stereocenters. The molecule has 0 bridgehead atoms. The second kappa shape index (κ2) is 8.72. The van der Waals surface area contributed by atoms with Gasteiger partial charge in [-0.05, 0) is 26.2 Å². The molecule has 0 aliphatic heterocycles. The highest BCUT2D eigenvalue weighted by molar-refractivity contribution is 5.75. The highest BCUT2D eigenvalue weighted by atomic mass is 16.5. The van der Waals surface area contributed by atoms with Crippen LogP contribution in [0.1, 0.15) is 26.2 Å². The van der Waals surface area contributed by atoms with Crippen LogP contribution < -0.4 is 0 Å². The fraction of sp³-hybridized carbons (Fsp3) is 0.538. The Hall–Kier alpha value is -1.56. The summed E-state index contributed by atoms with van der Waals surface area (Å²) < 4.78 is 4.85. The van der Waals surface area contributed by atoms with Gasteiger partial charge in [0, 0.05) is 5.92 Å². The van der Waals surface area contributed by atoms with Gasteiger partial charge in [0.15, 0.2) is 0 Å². The Labute approximate surface area is 97.4 Å². The van der Waals surface area contributed by atoms with Crippen LogP contribution >= 0.6 is 0 Å². The standard InChI is InChI=1S/C13H19NO2/c1-4-7-8-9-11(5-2)12(10-14)13(15)16-6-3/h4-5,11-12H,1-2,6-9H2,3H3. The van der Waals surface area contributed by atoms with Crippen molar-refractivity contribution in [3.8, 4) is 6.07 Å². The van der Waals surface area contributed by atoms with E-state index >= 15 is 0 Å². The first-order valence-electron chi connectivity index (χ1n) is 5.50. The van der Waals surface area contributed by atoms with Gasteiger partial charge in [-0.2, -0.15) is 5.26 Å². The van der Waals surface area contributed by atoms with Crippen molar-refractivity contribution in [2.24, 2.45) is 11.8 Å². The van der Waals surface area contributed by atoms with Crippen LogP contribution in [0.5, 0.6) is 0 Å². The number of carbonyl (C=O) groups is 1. The summed E-state index contributed by atoms with van der Waals surface area (Å²) in [6.45, 7) is 9.33. The van der Waals surface area contributed by atoms with E-state index in [0.717, 1.165) is 19.3 Å². The largest absolute Gasteiger partial charge is 0.465 e. The predicted molar refractivity (Wildman–Crippen MR) is 63.5 cm³/mol. The number of rotatable bonds is 8. The summed E-state index contributed by atoms with van der Waals surface area (Å²) in [4.78, 5) is 11.5. The van der Waals surface area contributed by atoms with Gasteiger partial charge >= 0.3 is 5.97 Å². The molecule has 88 valence electrons. The van der Waals surface area contributed by atoms with E-state index in [4.69, 9.17) is 10.00 Å². The highest BCUT2D eigenvalue weighted by Gasteiger charge is 2.26. The predicted octanol–water partition coefficient (Wildman–Crippen LogP) is 2.85. The first-order valence-corrected chi connectivity index (χ1v) is 5.50. The Balaban J connectivity index is 4.38. The summed E-state index contributed by atoms with van der Waals surface area (Å²) >= 11 is 0. The molecular formula is C13H19NO2. The van der Waals surface area contributed by atoms with Crippen LogP contribution in [0.4, 0.5) is 0 Å². The Morgan fingerprint density at radius 2 is 2.25 bits per heavy atom. The first kappa shape index (κ1) is 14.4. The Morgan fingerprint density at radius 1 is 1.56 bits per heavy atom. The van der Waals surface area contributed by atoms with E-state index in [1.807, 2.05) is 12.1 Å². The van der Waals surface area contributed by atoms with Gasteiger partial charge < -0.3 is 4.74 Å². The Kier molecular flexibility index (Phi) is 7.87. The first-order chi connectivity index (χ1) is 7.71. The van der Waals surface area contributed by atoms with E-state index in [0.29, 0.717) is 6.61 Å². The molecule has 0 aliphatic carbocycles. The van der Waals surface area contributed by atoms with E-state index in [-0.39, 0.29) is 5.92 Å². The van der Waals surface area contributed by atoms with E-state index in [1.54, 1.807) is 13.0 Å². The van der Waals surface area contributed by atoms with Crippen molar-refractivity contribution in [3.63, 3.8) is 0 Å². The van der Waals surface area contributed by atoms with Gasteiger partial charge in [0.2, 0.25) is 0 Å². The lowest BCUT2D eigenvalue weighted by atomic mass is 9.89. The van der Waals surface area contributed by atoms with Crippen LogP contribution in [-0.4, -0.2) is 12.6 Å². The van der Waals surface area contributed by atoms with Gasteiger partial charge in [-0.15, -0.1) is 13.2 Å². The van der Waals surface area contributed by atoms with Crippen LogP contribution in [0.15, 0.2) is 25.3 Å². The number of hydrogen-bond acceptors (Lipinski definition) is 3. The summed E-state index contributed by atoms with van der Waals surface area (Å²) in [6, 6.07) is 1.99. The van der Waals surface area contributed by atoms with Crippen LogP contribution in [-0.2, 0) is 9.53 Å². The van der Waals surface area contributed by atoms with Gasteiger partial charge in [-0.3, -0.25) is 4.79 Å². The molecule has 0 amide bonds. The summed E-state index contributed by atoms with van der Waals surface area (Å²) in [6.07, 6.45) is 6.02. The van der Waals surface area contributed by atoms with Crippen LogP contribution in [0.25, 0.3) is 0 Å². The quantitative estimate of drug-likeness (QED) is 0.360. The molecule has 0 spiro atoms. The van der Waals surface area contributed by atoms with E-state index in [2.05, 4.69) is 13.2 Å². The zero-order valence-electron chi connectivity index (χ0n) is 9.82. The Bertz CT molecular complexity index is 278. The van der Waals surface area contributed by atoms with E-state index in [9.17, 15) is 4.79 Å². The molecule has 3 heteroatoms. The minimum absolute atomic E-state index is 0.135. The maximum absolute atomic E-state index is 11.5. The van der Waals surface area contributed by atoms with Crippen molar-refractivity contribution >= 4 is 5.97 Å². The van der Waals surface area contributed by atoms with Crippen molar-refractivity contribution in [3.05, 3.63) is 25.3 Å². The lowest BCUT2D eigenvalue weighted by Gasteiger charge is -2.16. The number of allylic oxidation sites excluding steroid dienone is 2. The van der Waals surface area contributed by atoms with Gasteiger partial charge in [-0.25, -0.2) is 0 Å². The molecule has 0 saturated heterocycles. The number of ether oxygens (including phenoxy) is 1. The molecule has 0 aliphatic rings. The molecule has 0 N–H and O–H groups in total. The number of unbranched alkanes of at least 4 members (excludes halogenated alkanes) is 1. The van der Waals surface area contributed by atoms with Crippen LogP contribution in [0.3, 0.4) is 0 Å². The normalized spacial score (nSPS) is 13.2. The average molecular weight is 221 g/mol. The number of esters is 1. The number of hydrogen-bond donors (Lipinski definition) is 0. The van der Waals surface area contributed by atoms with Crippen molar-refractivity contribution in [1.82, 2.24) is 0 Å². The second-order valence-electron chi connectivity index (χ2n) is 3.48. The molecule has 0 aromatic heterocycles. The van der Waals surface area contributed by atoms with Gasteiger partial charge in [0.05, 0.1) is 12.7 Å². The number of carbonyl (C=O) groups excluding carboxylic acids is 1. The molecule has 0 aromatic rings. The summed E-state index contributed by atoms with van der Waals surface area (Å²) in [7, 11) is 0. The Morgan fingerprint density at radius 3 is 2.69 bits per heavy atom. The average Bonchev–Trinajstić information content (AvgIpc) is 2.28. The molecule has 0 rings (SSSR count). The third kappa shape index (κ3) is 4.79. The molecular weight excluding hydrogens is 202 g/mol. The molecule has 0 aromatic carbocycles. The van der Waals surface area contributed by atoms with Crippen molar-refractivity contribution in [2.45, 2.75) is 26.2 Å². The summed E-state index contributed by atoms with van der Waals surface area (Å²) in [5.41, 5.74) is 0. The number of nitrogens with zero attached hydrogens (tertiary/aromatic N) is 1. The third-order valence-corrected chi connectivity index (χ3v) is 2.36. The zero-order chi connectivity index (χ0) is 12.4. The van der Waals surface area contributed by atoms with Gasteiger partial charge in [0.25, 0.3) is 0 Å². The molecule has 0 heterocycles. The van der Waals surface area contributed by atoms with Crippen molar-refractivity contribution in [2.75, 3.05) is 6.61 Å². The monoisotopic (exact) mass is 221 g/mol. The molecule has 0 saturated carbocycles. The van der Waals surface area contributed by atoms with Gasteiger partial charge in [-0.1, -0.05) is 12.2 Å². The minimum atomic E-state index is -0.734. The molecule has 0 radical (unpaired) electrons. The topological polar surface area (TPSA) is 50.1 Å². The van der Waals surface area contributed by atoms with Crippen molar-refractivity contribution < 1.29 is 9.53 Å². The molecule has 2 atom stereocenters. The summed E-state index contributed by atoms with van der Waals surface area (Å²) in [5, 5.41) is 8.96. The molecule has 3 nitrogen and oxygen atoms in total. The lowest BCUT2D eigenvalue weighted by molar-refractivity contribution is -0.147. The van der Waals surface area contributed by atoms with Crippen LogP contribution in [0.2, 0.25) is 0 Å². The fourth-order valence-corrected chi connectivity index (χ4v) is 1.47. The van der Waals surface area contributed by atoms with E-state index in [1.165, 1.54) is 0 Å². The molecule has 0 fully saturated rings. The third-order valence-electron chi connectivity index (χ3n) is 2.36. The van der Waals surface area contributed by atoms with Crippen molar-refractivity contribution in [1.29, 1.82) is 5.26 Å². The van der Waals surface area contributed by atoms with E-state index < -0.39 is 11.9 Å². The molecule has 16 heavy (non-hydrogen) atoms. The lowest BCUT2D eigenvalue weighted by Crippen LogP contribution is -2.23. The highest BCUT2D eigenvalue weighted by Crippen LogP contribution is 2.21. The zero-order valence-corrected chi connectivity index (χ0v) is 9.82.